The molecule has 1 saturated carbocycles. The van der Waals surface area contributed by atoms with Gasteiger partial charge in [0.1, 0.15) is 17.3 Å². The van der Waals surface area contributed by atoms with Gasteiger partial charge < -0.3 is 30.3 Å². The van der Waals surface area contributed by atoms with E-state index in [2.05, 4.69) is 25.9 Å². The van der Waals surface area contributed by atoms with Crippen LogP contribution in [0.1, 0.15) is 65.2 Å². The maximum Gasteiger partial charge on any atom is 0.273 e. The molecule has 3 N–H and O–H groups in total. The van der Waals surface area contributed by atoms with Crippen LogP contribution in [0.5, 0.6) is 11.5 Å². The molecule has 1 aromatic carbocycles. The monoisotopic (exact) mass is 673 g/mol. The first kappa shape index (κ1) is 32.9. The third-order valence-corrected chi connectivity index (χ3v) is 9.45. The lowest BCUT2D eigenvalue weighted by atomic mass is 10.00. The van der Waals surface area contributed by atoms with Crippen molar-refractivity contribution in [2.75, 3.05) is 27.3 Å². The first-order valence-corrected chi connectivity index (χ1v) is 16.7. The molecule has 1 fully saturated rings. The number of rotatable bonds is 5. The van der Waals surface area contributed by atoms with Crippen LogP contribution >= 0.6 is 11.3 Å². The van der Waals surface area contributed by atoms with E-state index in [4.69, 9.17) is 9.47 Å². The molecule has 0 radical (unpaired) electrons. The van der Waals surface area contributed by atoms with E-state index in [1.807, 2.05) is 31.5 Å². The maximum absolute atomic E-state index is 14.3. The van der Waals surface area contributed by atoms with Crippen molar-refractivity contribution in [3.05, 3.63) is 64.7 Å². The number of fused-ring (bicyclic) bond motifs is 6. The predicted octanol–water partition coefficient (Wildman–Crippen LogP) is 3.35. The number of nitrogens with zero attached hydrogens (tertiary/aromatic N) is 4. The van der Waals surface area contributed by atoms with Gasteiger partial charge in [-0.2, -0.15) is 0 Å². The highest BCUT2D eigenvalue weighted by atomic mass is 32.1. The molecule has 1 spiro atoms. The van der Waals surface area contributed by atoms with E-state index in [0.717, 1.165) is 5.56 Å². The first-order valence-electron chi connectivity index (χ1n) is 15.9. The summed E-state index contributed by atoms with van der Waals surface area (Å²) in [5.74, 6) is -0.527. The van der Waals surface area contributed by atoms with Crippen molar-refractivity contribution in [2.24, 2.45) is 5.92 Å². The van der Waals surface area contributed by atoms with Gasteiger partial charge >= 0.3 is 0 Å². The molecule has 4 bridgehead atoms. The first-order chi connectivity index (χ1) is 23.0. The molecular formula is C34H39N7O6S. The molecule has 3 aromatic heterocycles. The van der Waals surface area contributed by atoms with Gasteiger partial charge in [-0.15, -0.1) is 11.3 Å². The van der Waals surface area contributed by atoms with Gasteiger partial charge in [-0.3, -0.25) is 28.6 Å². The van der Waals surface area contributed by atoms with Gasteiger partial charge in [0.15, 0.2) is 16.5 Å². The predicted molar refractivity (Wildman–Crippen MR) is 179 cm³/mol. The van der Waals surface area contributed by atoms with Gasteiger partial charge in [0, 0.05) is 54.7 Å². The number of aryl methyl sites for hydroxylation is 1. The van der Waals surface area contributed by atoms with Crippen LogP contribution in [0.3, 0.4) is 0 Å². The summed E-state index contributed by atoms with van der Waals surface area (Å²) in [6.07, 6.45) is 6.16. The number of carbonyl (C=O) groups is 4. The standard InChI is InChI=1S/C34H39N7O6S/c1-19(2)12-25-30(43)36-8-9-40(31(44)27-20(3)37-33-41(27)10-11-48-33)18-21-13-24(28(47-5)26(14-21)46-4)22-15-23(17-35-16-22)29(42)39-34(6-7-34)32(45)38-25/h10-11,13-17,19,25H,6-9,12,18H2,1-5H3,(H,36,43)(H,38,45)(H,39,42)/t25-/m1/s1. The molecule has 252 valence electrons. The van der Waals surface area contributed by atoms with Crippen molar-refractivity contribution in [1.29, 1.82) is 0 Å². The van der Waals surface area contributed by atoms with Crippen LogP contribution in [-0.2, 0) is 16.1 Å². The molecule has 2 aliphatic rings. The van der Waals surface area contributed by atoms with Crippen molar-refractivity contribution in [3.63, 3.8) is 0 Å². The zero-order valence-corrected chi connectivity index (χ0v) is 28.4. The Morgan fingerprint density at radius 1 is 1.10 bits per heavy atom. The summed E-state index contributed by atoms with van der Waals surface area (Å²) in [5, 5.41) is 10.6. The molecule has 4 aromatic rings. The number of methoxy groups -OCH3 is 2. The normalized spacial score (nSPS) is 18.2. The Bertz CT molecular complexity index is 1900. The van der Waals surface area contributed by atoms with E-state index in [0.29, 0.717) is 58.2 Å². The molecule has 48 heavy (non-hydrogen) atoms. The number of hydrogen-bond acceptors (Lipinski definition) is 9. The summed E-state index contributed by atoms with van der Waals surface area (Å²) >= 11 is 1.44. The van der Waals surface area contributed by atoms with Gasteiger partial charge in [0.2, 0.25) is 11.8 Å². The summed E-state index contributed by atoms with van der Waals surface area (Å²) < 4.78 is 13.3. The van der Waals surface area contributed by atoms with E-state index >= 15 is 0 Å². The minimum Gasteiger partial charge on any atom is -0.493 e. The second-order valence-corrected chi connectivity index (χ2v) is 13.5. The smallest absolute Gasteiger partial charge is 0.273 e. The van der Waals surface area contributed by atoms with Gasteiger partial charge in [-0.25, -0.2) is 4.98 Å². The lowest BCUT2D eigenvalue weighted by Gasteiger charge is -2.26. The SMILES string of the molecule is COc1cc2cc(c1OC)-c1cncc(c1)C(=O)NC1(CC1)C(=O)N[C@H](CC(C)C)C(=O)NCCN(C(=O)c1c(C)nc3sccn13)C2. The number of carbonyl (C=O) groups excluding carboxylic acids is 4. The largest absolute Gasteiger partial charge is 0.493 e. The number of ether oxygens (including phenoxy) is 2. The minimum absolute atomic E-state index is 0.104. The minimum atomic E-state index is -1.12. The van der Waals surface area contributed by atoms with Crippen molar-refractivity contribution in [1.82, 2.24) is 35.2 Å². The second kappa shape index (κ2) is 13.3. The summed E-state index contributed by atoms with van der Waals surface area (Å²) in [4.78, 5) is 66.1. The third-order valence-electron chi connectivity index (χ3n) is 8.70. The van der Waals surface area contributed by atoms with E-state index in [1.54, 1.807) is 34.6 Å². The lowest BCUT2D eigenvalue weighted by Crippen LogP contribution is -2.56. The highest BCUT2D eigenvalue weighted by Gasteiger charge is 2.52. The topological polar surface area (TPSA) is 156 Å². The Balaban J connectivity index is 1.44. The van der Waals surface area contributed by atoms with Crippen molar-refractivity contribution in [2.45, 2.75) is 58.2 Å². The number of hydrogen-bond donors (Lipinski definition) is 3. The summed E-state index contributed by atoms with van der Waals surface area (Å²) in [6.45, 7) is 6.19. The van der Waals surface area contributed by atoms with Gasteiger partial charge in [0.05, 0.1) is 25.5 Å². The number of thiazole rings is 1. The molecule has 4 heterocycles. The Morgan fingerprint density at radius 3 is 2.58 bits per heavy atom. The van der Waals surface area contributed by atoms with Crippen LogP contribution in [0.15, 0.2) is 42.2 Å². The third kappa shape index (κ3) is 6.44. The molecule has 13 nitrogen and oxygen atoms in total. The van der Waals surface area contributed by atoms with Crippen LogP contribution in [-0.4, -0.2) is 81.8 Å². The number of nitrogens with one attached hydrogen (secondary N) is 3. The van der Waals surface area contributed by atoms with Crippen molar-refractivity contribution >= 4 is 39.9 Å². The van der Waals surface area contributed by atoms with E-state index in [9.17, 15) is 19.2 Å². The fourth-order valence-corrected chi connectivity index (χ4v) is 6.83. The average Bonchev–Trinajstić information content (AvgIpc) is 3.60. The van der Waals surface area contributed by atoms with Gasteiger partial charge in [-0.1, -0.05) is 13.8 Å². The number of amides is 4. The zero-order chi connectivity index (χ0) is 34.2. The summed E-state index contributed by atoms with van der Waals surface area (Å²) in [5.41, 5.74) is 2.08. The molecule has 4 amide bonds. The summed E-state index contributed by atoms with van der Waals surface area (Å²) in [7, 11) is 3.06. The lowest BCUT2D eigenvalue weighted by molar-refractivity contribution is -0.130. The maximum atomic E-state index is 14.3. The molecule has 0 unspecified atom stereocenters. The van der Waals surface area contributed by atoms with E-state index < -0.39 is 23.4 Å². The molecule has 1 aliphatic heterocycles. The Hall–Kier alpha value is -4.98. The van der Waals surface area contributed by atoms with Gasteiger partial charge in [0.25, 0.3) is 11.8 Å². The van der Waals surface area contributed by atoms with E-state index in [1.165, 1.54) is 31.8 Å². The Labute approximate surface area is 282 Å². The van der Waals surface area contributed by atoms with Crippen LogP contribution in [0, 0.1) is 12.8 Å². The Kier molecular flexibility index (Phi) is 9.10. The van der Waals surface area contributed by atoms with Crippen LogP contribution in [0.25, 0.3) is 16.1 Å². The average molecular weight is 674 g/mol. The highest BCUT2D eigenvalue weighted by molar-refractivity contribution is 7.15. The van der Waals surface area contributed by atoms with Crippen LogP contribution in [0.4, 0.5) is 0 Å². The molecule has 1 atom stereocenters. The van der Waals surface area contributed by atoms with Crippen molar-refractivity contribution in [3.8, 4) is 22.6 Å². The summed E-state index contributed by atoms with van der Waals surface area (Å²) in [6, 6.07) is 4.54. The quantitative estimate of drug-likeness (QED) is 0.291. The van der Waals surface area contributed by atoms with Crippen LogP contribution in [0.2, 0.25) is 0 Å². The van der Waals surface area contributed by atoms with Crippen molar-refractivity contribution < 1.29 is 28.7 Å². The number of aromatic nitrogens is 3. The van der Waals surface area contributed by atoms with E-state index in [-0.39, 0.29) is 42.9 Å². The number of pyridine rings is 1. The number of benzene rings is 1. The molecule has 1 aliphatic carbocycles. The molecular weight excluding hydrogens is 634 g/mol. The molecule has 6 rings (SSSR count). The number of imidazole rings is 1. The molecule has 0 saturated heterocycles. The molecule has 14 heteroatoms. The fourth-order valence-electron chi connectivity index (χ4n) is 6.07. The van der Waals surface area contributed by atoms with Gasteiger partial charge in [-0.05, 0) is 55.9 Å². The highest BCUT2D eigenvalue weighted by Crippen LogP contribution is 2.40. The second-order valence-electron chi connectivity index (χ2n) is 12.7. The zero-order valence-electron chi connectivity index (χ0n) is 27.6. The van der Waals surface area contributed by atoms with Crippen LogP contribution < -0.4 is 25.4 Å². The Morgan fingerprint density at radius 2 is 1.88 bits per heavy atom. The fraction of sp³-hybridized carbons (Fsp3) is 0.412.